The van der Waals surface area contributed by atoms with E-state index in [1.807, 2.05) is 0 Å². The number of hydrogen-bond donors (Lipinski definition) is 3. The zero-order valence-corrected chi connectivity index (χ0v) is 7.53. The summed E-state index contributed by atoms with van der Waals surface area (Å²) < 4.78 is 0. The van der Waals surface area contributed by atoms with Gasteiger partial charge < -0.3 is 10.5 Å². The molecule has 1 heterocycles. The monoisotopic (exact) mass is 193 g/mol. The van der Waals surface area contributed by atoms with E-state index < -0.39 is 0 Å². The largest absolute Gasteiger partial charge is 0.508 e. The fourth-order valence-electron chi connectivity index (χ4n) is 1.25. The Kier molecular flexibility index (Phi) is 2.24. The minimum Gasteiger partial charge on any atom is -0.508 e. The van der Waals surface area contributed by atoms with Crippen LogP contribution < -0.4 is 10.9 Å². The van der Waals surface area contributed by atoms with Gasteiger partial charge in [-0.25, -0.2) is 0 Å². The van der Waals surface area contributed by atoms with Crippen LogP contribution in [-0.2, 0) is 4.79 Å². The lowest BCUT2D eigenvalue weighted by molar-refractivity contribution is -0.120. The van der Waals surface area contributed by atoms with Gasteiger partial charge in [0.1, 0.15) is 5.75 Å². The molecule has 2 rings (SSSR count). The van der Waals surface area contributed by atoms with Crippen LogP contribution in [0, 0.1) is 0 Å². The number of carbonyl (C=O) groups is 1. The number of nitrogens with zero attached hydrogens (tertiary/aromatic N) is 1. The highest BCUT2D eigenvalue weighted by Gasteiger charge is 2.17. The van der Waals surface area contributed by atoms with Crippen LogP contribution in [0.25, 0.3) is 0 Å². The molecular weight excluding hydrogens is 182 g/mol. The van der Waals surface area contributed by atoms with Crippen LogP contribution in [0.2, 0.25) is 0 Å². The summed E-state index contributed by atoms with van der Waals surface area (Å²) in [5.74, 6) is 0.234. The van der Waals surface area contributed by atoms with Gasteiger partial charge in [0.15, 0.2) is 0 Å². The summed E-state index contributed by atoms with van der Waals surface area (Å²) in [4.78, 5) is 10.9. The van der Waals surface area contributed by atoms with Crippen molar-refractivity contribution >= 4 is 11.6 Å². The quantitative estimate of drug-likeness (QED) is 0.597. The van der Waals surface area contributed by atoms with Gasteiger partial charge in [-0.3, -0.25) is 10.2 Å². The van der Waals surface area contributed by atoms with Gasteiger partial charge in [0, 0.05) is 13.0 Å². The number of hydrogen-bond acceptors (Lipinski definition) is 4. The highest BCUT2D eigenvalue weighted by Crippen LogP contribution is 2.14. The van der Waals surface area contributed by atoms with Crippen molar-refractivity contribution in [2.45, 2.75) is 6.42 Å². The lowest BCUT2D eigenvalue weighted by Gasteiger charge is -2.17. The molecule has 0 bridgehead atoms. The van der Waals surface area contributed by atoms with E-state index in [-0.39, 0.29) is 11.7 Å². The van der Waals surface area contributed by atoms with E-state index in [2.05, 4.69) is 10.9 Å². The number of nitrogens with one attached hydrogen (secondary N) is 2. The number of carbonyl (C=O) groups excluding carboxylic acids is 1. The second kappa shape index (κ2) is 3.55. The van der Waals surface area contributed by atoms with E-state index in [1.54, 1.807) is 29.4 Å². The van der Waals surface area contributed by atoms with Gasteiger partial charge in [-0.1, -0.05) is 0 Å². The van der Waals surface area contributed by atoms with Gasteiger partial charge in [0.05, 0.1) is 5.69 Å². The Hall–Kier alpha value is -1.75. The van der Waals surface area contributed by atoms with Crippen LogP contribution in [-0.4, -0.2) is 22.7 Å². The van der Waals surface area contributed by atoms with Crippen LogP contribution in [0.3, 0.4) is 0 Å². The lowest BCUT2D eigenvalue weighted by Crippen LogP contribution is -2.37. The fraction of sp³-hybridized carbons (Fsp3) is 0.222. The molecule has 0 aliphatic carbocycles. The van der Waals surface area contributed by atoms with E-state index >= 15 is 0 Å². The topological polar surface area (TPSA) is 64.6 Å². The zero-order chi connectivity index (χ0) is 9.97. The number of benzene rings is 1. The molecule has 74 valence electrons. The molecule has 1 aromatic rings. The van der Waals surface area contributed by atoms with Crippen molar-refractivity contribution in [3.63, 3.8) is 0 Å². The first-order chi connectivity index (χ1) is 6.74. The fourth-order valence-corrected chi connectivity index (χ4v) is 1.25. The summed E-state index contributed by atoms with van der Waals surface area (Å²) in [7, 11) is 0. The normalized spacial score (nSPS) is 16.7. The van der Waals surface area contributed by atoms with E-state index in [9.17, 15) is 4.79 Å². The molecule has 1 amide bonds. The van der Waals surface area contributed by atoms with Crippen LogP contribution >= 0.6 is 0 Å². The van der Waals surface area contributed by atoms with Gasteiger partial charge in [0.25, 0.3) is 0 Å². The first-order valence-corrected chi connectivity index (χ1v) is 4.37. The van der Waals surface area contributed by atoms with Crippen molar-refractivity contribution in [2.24, 2.45) is 0 Å². The smallest absolute Gasteiger partial charge is 0.237 e. The van der Waals surface area contributed by atoms with E-state index in [0.29, 0.717) is 13.0 Å². The maximum atomic E-state index is 10.9. The Morgan fingerprint density at radius 2 is 2.07 bits per heavy atom. The lowest BCUT2D eigenvalue weighted by atomic mass is 10.3. The van der Waals surface area contributed by atoms with Crippen LogP contribution in [0.15, 0.2) is 24.3 Å². The second-order valence-corrected chi connectivity index (χ2v) is 3.10. The van der Waals surface area contributed by atoms with Crippen molar-refractivity contribution in [3.05, 3.63) is 24.3 Å². The van der Waals surface area contributed by atoms with Crippen LogP contribution in [0.5, 0.6) is 5.75 Å². The van der Waals surface area contributed by atoms with E-state index in [0.717, 1.165) is 5.69 Å². The molecule has 0 saturated carbocycles. The number of anilines is 1. The third-order valence-corrected chi connectivity index (χ3v) is 1.95. The average Bonchev–Trinajstić information content (AvgIpc) is 2.56. The highest BCUT2D eigenvalue weighted by atomic mass is 16.3. The Bertz CT molecular complexity index is 336. The molecule has 3 N–H and O–H groups in total. The Morgan fingerprint density at radius 3 is 2.64 bits per heavy atom. The molecule has 0 atom stereocenters. The number of phenols is 1. The number of phenolic OH excluding ortho intramolecular Hbond substituents is 1. The summed E-state index contributed by atoms with van der Waals surface area (Å²) in [5.41, 5.74) is 6.45. The minimum atomic E-state index is 0.0104. The first-order valence-electron chi connectivity index (χ1n) is 4.37. The molecule has 14 heavy (non-hydrogen) atoms. The summed E-state index contributed by atoms with van der Waals surface area (Å²) in [6, 6.07) is 6.64. The van der Waals surface area contributed by atoms with Gasteiger partial charge in [-0.15, -0.1) is 5.12 Å². The third-order valence-electron chi connectivity index (χ3n) is 1.95. The molecule has 0 spiro atoms. The summed E-state index contributed by atoms with van der Waals surface area (Å²) in [6.07, 6.45) is 0.505. The Balaban J connectivity index is 1.97. The number of rotatable bonds is 2. The Labute approximate surface area is 81.3 Å². The predicted molar refractivity (Wildman–Crippen MR) is 51.2 cm³/mol. The second-order valence-electron chi connectivity index (χ2n) is 3.10. The number of aromatic hydroxyl groups is 1. The minimum absolute atomic E-state index is 0.0104. The summed E-state index contributed by atoms with van der Waals surface area (Å²) in [5, 5.41) is 10.7. The maximum Gasteiger partial charge on any atom is 0.237 e. The zero-order valence-electron chi connectivity index (χ0n) is 7.53. The van der Waals surface area contributed by atoms with Gasteiger partial charge in [-0.2, -0.15) is 0 Å². The van der Waals surface area contributed by atoms with Gasteiger partial charge in [0.2, 0.25) is 5.91 Å². The molecular formula is C9H11N3O2. The molecule has 0 unspecified atom stereocenters. The van der Waals surface area contributed by atoms with Crippen LogP contribution in [0.4, 0.5) is 5.69 Å². The van der Waals surface area contributed by atoms with Crippen molar-refractivity contribution in [3.8, 4) is 5.75 Å². The predicted octanol–water partition coefficient (Wildman–Crippen LogP) is 0.456. The van der Waals surface area contributed by atoms with Crippen molar-refractivity contribution in [1.82, 2.24) is 10.5 Å². The maximum absolute atomic E-state index is 10.9. The number of hydrazine groups is 2. The SMILES string of the molecule is O=C1CCN(Nc2ccc(O)cc2)N1. The first kappa shape index (κ1) is 8.83. The average molecular weight is 193 g/mol. The van der Waals surface area contributed by atoms with Gasteiger partial charge in [-0.05, 0) is 24.3 Å². The molecule has 1 aliphatic heterocycles. The molecule has 1 aliphatic rings. The Morgan fingerprint density at radius 1 is 1.36 bits per heavy atom. The molecule has 1 fully saturated rings. The summed E-state index contributed by atoms with van der Waals surface area (Å²) in [6.45, 7) is 0.639. The molecule has 5 heteroatoms. The number of amides is 1. The third kappa shape index (κ3) is 1.94. The standard InChI is InChI=1S/C9H11N3O2/c13-8-3-1-7(2-4-8)10-12-6-5-9(14)11-12/h1-4,10,13H,5-6H2,(H,11,14). The van der Waals surface area contributed by atoms with E-state index in [1.165, 1.54) is 0 Å². The molecule has 0 aromatic heterocycles. The highest BCUT2D eigenvalue weighted by molar-refractivity contribution is 5.77. The van der Waals surface area contributed by atoms with Crippen molar-refractivity contribution in [1.29, 1.82) is 0 Å². The van der Waals surface area contributed by atoms with Crippen molar-refractivity contribution < 1.29 is 9.90 Å². The summed E-state index contributed by atoms with van der Waals surface area (Å²) >= 11 is 0. The van der Waals surface area contributed by atoms with Crippen molar-refractivity contribution in [2.75, 3.05) is 12.0 Å². The van der Waals surface area contributed by atoms with Crippen LogP contribution in [0.1, 0.15) is 6.42 Å². The molecule has 5 nitrogen and oxygen atoms in total. The van der Waals surface area contributed by atoms with E-state index in [4.69, 9.17) is 5.11 Å². The molecule has 0 radical (unpaired) electrons. The van der Waals surface area contributed by atoms with Gasteiger partial charge >= 0.3 is 0 Å². The molecule has 1 aromatic carbocycles. The molecule has 1 saturated heterocycles.